The molecule has 5 heteroatoms. The lowest BCUT2D eigenvalue weighted by molar-refractivity contribution is 0.408. The molecular weight excluding hydrogens is 405 g/mol. The van der Waals surface area contributed by atoms with Gasteiger partial charge in [-0.05, 0) is 104 Å². The second-order valence-corrected chi connectivity index (χ2v) is 10.2. The van der Waals surface area contributed by atoms with Crippen LogP contribution in [0.2, 0.25) is 0 Å². The van der Waals surface area contributed by atoms with Gasteiger partial charge in [0.05, 0.1) is 14.2 Å². The van der Waals surface area contributed by atoms with Crippen molar-refractivity contribution in [3.05, 3.63) is 74.8 Å². The fourth-order valence-corrected chi connectivity index (χ4v) is 7.50. The van der Waals surface area contributed by atoms with Crippen molar-refractivity contribution < 1.29 is 9.47 Å². The number of aryl methyl sites for hydroxylation is 4. The Bertz CT molecular complexity index is 963. The third kappa shape index (κ3) is 4.41. The van der Waals surface area contributed by atoms with Gasteiger partial charge in [0, 0.05) is 12.1 Å². The summed E-state index contributed by atoms with van der Waals surface area (Å²) in [6, 6.07) is 8.90. The Balaban J connectivity index is 2.24. The summed E-state index contributed by atoms with van der Waals surface area (Å²) in [5.41, 5.74) is 5.68. The summed E-state index contributed by atoms with van der Waals surface area (Å²) in [5, 5.41) is 18.2. The fourth-order valence-electron chi connectivity index (χ4n) is 4.58. The van der Waals surface area contributed by atoms with Gasteiger partial charge in [-0.15, -0.1) is 0 Å². The maximum Gasteiger partial charge on any atom is 0.124 e. The van der Waals surface area contributed by atoms with E-state index in [1.807, 2.05) is 0 Å². The minimum Gasteiger partial charge on any atom is -0.792 e. The summed E-state index contributed by atoms with van der Waals surface area (Å²) >= 11 is 0. The number of allylic oxidation sites excluding steroid dienone is 4. The lowest BCUT2D eigenvalue weighted by Crippen LogP contribution is -2.19. The molecule has 2 aromatic rings. The van der Waals surface area contributed by atoms with Crippen molar-refractivity contribution in [2.75, 3.05) is 14.2 Å². The lowest BCUT2D eigenvalue weighted by Gasteiger charge is -2.27. The first kappa shape index (κ1) is 23.1. The first-order valence-corrected chi connectivity index (χ1v) is 11.9. The molecule has 3 rings (SSSR count). The highest BCUT2D eigenvalue weighted by atomic mass is 31.1. The van der Waals surface area contributed by atoms with E-state index in [1.165, 1.54) is 21.5 Å². The molecule has 0 bridgehead atoms. The van der Waals surface area contributed by atoms with Crippen LogP contribution in [0.25, 0.3) is 0 Å². The van der Waals surface area contributed by atoms with Gasteiger partial charge in [-0.3, -0.25) is 0 Å². The van der Waals surface area contributed by atoms with Crippen molar-refractivity contribution in [2.24, 2.45) is 11.1 Å². The van der Waals surface area contributed by atoms with Crippen LogP contribution in [0.3, 0.4) is 0 Å². The summed E-state index contributed by atoms with van der Waals surface area (Å²) in [7, 11) is 2.56. The third-order valence-corrected chi connectivity index (χ3v) is 8.37. The number of hydrogen-bond donors (Lipinski definition) is 0. The van der Waals surface area contributed by atoms with Crippen LogP contribution in [0.15, 0.2) is 52.5 Å². The zero-order valence-corrected chi connectivity index (χ0v) is 20.3. The largest absolute Gasteiger partial charge is 0.792 e. The van der Waals surface area contributed by atoms with E-state index >= 15 is 0 Å². The molecule has 0 aromatic heterocycles. The van der Waals surface area contributed by atoms with Crippen molar-refractivity contribution in [2.45, 2.75) is 41.0 Å². The van der Waals surface area contributed by atoms with Gasteiger partial charge in [0.15, 0.2) is 0 Å². The molecule has 0 N–H and O–H groups in total. The minimum absolute atomic E-state index is 0.0564. The van der Waals surface area contributed by atoms with Crippen LogP contribution in [0.4, 0.5) is 0 Å². The van der Waals surface area contributed by atoms with Gasteiger partial charge in [0.1, 0.15) is 11.5 Å². The van der Waals surface area contributed by atoms with Gasteiger partial charge in [0.25, 0.3) is 0 Å². The number of methoxy groups -OCH3 is 2. The number of benzene rings is 2. The maximum atomic E-state index is 11.3. The number of ether oxygens (including phenoxy) is 2. The fraction of sp³-hybridized carbons (Fsp3) is 0.346. The normalized spacial score (nSPS) is 16.1. The third-order valence-electron chi connectivity index (χ3n) is 5.88. The molecule has 31 heavy (non-hydrogen) atoms. The minimum atomic E-state index is -0.867. The van der Waals surface area contributed by atoms with Crippen LogP contribution >= 0.6 is 7.92 Å². The summed E-state index contributed by atoms with van der Waals surface area (Å²) in [6.45, 7) is 10.5. The van der Waals surface area contributed by atoms with Gasteiger partial charge in [-0.25, -0.2) is 0 Å². The van der Waals surface area contributed by atoms with E-state index in [2.05, 4.69) is 76.2 Å². The molecule has 1 atom stereocenters. The quantitative estimate of drug-likeness (QED) is 0.314. The molecule has 0 saturated heterocycles. The Kier molecular flexibility index (Phi) is 7.23. The van der Waals surface area contributed by atoms with Gasteiger partial charge in [-0.2, -0.15) is 0 Å². The highest BCUT2D eigenvalue weighted by molar-refractivity contribution is 7.76. The Morgan fingerprint density at radius 2 is 1.32 bits per heavy atom. The molecule has 164 valence electrons. The second-order valence-electron chi connectivity index (χ2n) is 7.98. The monoisotopic (exact) mass is 436 g/mol. The van der Waals surface area contributed by atoms with Crippen LogP contribution in [-0.4, -0.2) is 20.4 Å². The summed E-state index contributed by atoms with van der Waals surface area (Å²) < 4.78 is 11.2. The predicted octanol–water partition coefficient (Wildman–Crippen LogP) is 5.79. The summed E-state index contributed by atoms with van der Waals surface area (Å²) in [5.74, 6) is 1.79. The Morgan fingerprint density at radius 1 is 0.871 bits per heavy atom. The van der Waals surface area contributed by atoms with Crippen LogP contribution < -0.4 is 20.1 Å². The van der Waals surface area contributed by atoms with Crippen molar-refractivity contribution >= 4 is 24.7 Å². The molecule has 1 unspecified atom stereocenters. The van der Waals surface area contributed by atoms with Crippen molar-refractivity contribution in [1.29, 1.82) is 0 Å². The van der Waals surface area contributed by atoms with Crippen LogP contribution in [0.1, 0.15) is 35.6 Å². The van der Waals surface area contributed by atoms with Crippen molar-refractivity contribution in [3.63, 3.8) is 0 Å². The van der Waals surface area contributed by atoms with E-state index in [4.69, 9.17) is 9.47 Å². The maximum absolute atomic E-state index is 11.3. The molecule has 0 spiro atoms. The van der Waals surface area contributed by atoms with E-state index in [0.717, 1.165) is 40.2 Å². The topological polar surface area (TPSA) is 53.9 Å². The number of hydrogen-bond acceptors (Lipinski definition) is 4. The molecule has 0 saturated carbocycles. The molecule has 1 aliphatic rings. The Hall–Kier alpha value is -2.58. The molecule has 4 nitrogen and oxygen atoms in total. The zero-order valence-electron chi connectivity index (χ0n) is 19.4. The molecule has 0 fully saturated rings. The van der Waals surface area contributed by atoms with Gasteiger partial charge in [-0.1, -0.05) is 24.6 Å². The highest BCUT2D eigenvalue weighted by Gasteiger charge is 2.30. The van der Waals surface area contributed by atoms with Crippen LogP contribution in [-0.2, 0) is 0 Å². The zero-order chi connectivity index (χ0) is 22.7. The smallest absolute Gasteiger partial charge is 0.124 e. The van der Waals surface area contributed by atoms with E-state index < -0.39 is 7.92 Å². The van der Waals surface area contributed by atoms with Crippen molar-refractivity contribution in [1.82, 2.24) is 0 Å². The number of nitrogens with zero attached hydrogens (tertiary/aromatic N) is 1. The lowest BCUT2D eigenvalue weighted by atomic mass is 10.0. The average molecular weight is 437 g/mol. The van der Waals surface area contributed by atoms with Crippen LogP contribution in [0.5, 0.6) is 11.5 Å². The first-order valence-electron chi connectivity index (χ1n) is 10.5. The SMILES string of the molecule is CCC1=CC=C(P(c2cc(C)c(OC)c(C)c2)c2cc(C)c(OC)c(C)c2)C1/C=N/[O-]. The van der Waals surface area contributed by atoms with E-state index in [0.29, 0.717) is 0 Å². The second kappa shape index (κ2) is 9.70. The molecule has 0 radical (unpaired) electrons. The summed E-state index contributed by atoms with van der Waals surface area (Å²) in [6.07, 6.45) is 6.79. The molecular formula is C26H31NO3P-. The van der Waals surface area contributed by atoms with Gasteiger partial charge < -0.3 is 19.8 Å². The Labute approximate surface area is 187 Å². The highest BCUT2D eigenvalue weighted by Crippen LogP contribution is 2.52. The standard InChI is InChI=1S/C26H32NO3P/c1-8-20-9-10-24(23(20)15-27-28)31(21-11-16(2)25(29-6)17(3)12-21)22-13-18(4)26(30-7)19(5)14-22/h9-15,23,28H,8H2,1-7H3/p-1/b27-15+. The van der Waals surface area contributed by atoms with Gasteiger partial charge >= 0.3 is 0 Å². The average Bonchev–Trinajstić information content (AvgIpc) is 3.10. The van der Waals surface area contributed by atoms with E-state index in [9.17, 15) is 5.21 Å². The van der Waals surface area contributed by atoms with E-state index in [1.54, 1.807) is 20.4 Å². The summed E-state index contributed by atoms with van der Waals surface area (Å²) in [4.78, 5) is 0. The molecule has 0 amide bonds. The Morgan fingerprint density at radius 3 is 1.68 bits per heavy atom. The van der Waals surface area contributed by atoms with Crippen LogP contribution in [0, 0.1) is 38.8 Å². The molecule has 2 aromatic carbocycles. The molecule has 1 aliphatic carbocycles. The first-order chi connectivity index (χ1) is 14.9. The molecule has 0 heterocycles. The van der Waals surface area contributed by atoms with Crippen molar-refractivity contribution in [3.8, 4) is 11.5 Å². The van der Waals surface area contributed by atoms with E-state index in [-0.39, 0.29) is 5.92 Å². The predicted molar refractivity (Wildman–Crippen MR) is 133 cm³/mol. The molecule has 0 aliphatic heterocycles. The van der Waals surface area contributed by atoms with Gasteiger partial charge in [0.2, 0.25) is 0 Å². The number of rotatable bonds is 7.